The maximum Gasteiger partial charge on any atom is 1.00 e. The van der Waals surface area contributed by atoms with Crippen molar-refractivity contribution in [3.8, 4) is 0 Å². The summed E-state index contributed by atoms with van der Waals surface area (Å²) in [5, 5.41) is 33.9. The third kappa shape index (κ3) is 38.7. The van der Waals surface area contributed by atoms with Crippen molar-refractivity contribution in [2.75, 3.05) is 91.0 Å². The number of ether oxygens (including phenoxy) is 4. The average molecular weight is 1440 g/mol. The molecule has 4 amide bonds. The molecule has 29 nitrogen and oxygen atoms in total. The van der Waals surface area contributed by atoms with Crippen LogP contribution in [0.5, 0.6) is 0 Å². The number of carbonyl (C=O) groups is 4. The predicted molar refractivity (Wildman–Crippen MR) is 369 cm³/mol. The Morgan fingerprint density at radius 3 is 1.21 bits per heavy atom. The Kier molecular flexibility index (Phi) is 41.3. The number of azide groups is 1. The van der Waals surface area contributed by atoms with Crippen molar-refractivity contribution in [2.24, 2.45) is 10.8 Å². The van der Waals surface area contributed by atoms with Crippen molar-refractivity contribution < 1.29 is 107 Å². The molecule has 5 aromatic rings. The van der Waals surface area contributed by atoms with Gasteiger partial charge in [-0.15, -0.1) is 0 Å². The SMILES string of the molecule is CS(=O)(=O)Cl.CS(=O)(=O)O[C@@H]1CCN(C(=O)OCc2ccccc2)C1.N[C@H]1CCN(C(=O)OCc2ccccc2)C1.O=C(OCc1ccccc1)N1CC[C@@H](O)C1.O[C@@H]1CCN(Cc2ccccc2)C1.O[C@@H]1CCNC1.[HH].[HH].[N-]=[N+]=N[C@H]1CCN(C(=O)OCc2ccccc2)C1.[N-]=[N+]=[N-].[Na+]. The molecular weight excluding hydrogens is 1340 g/mol. The van der Waals surface area contributed by atoms with Gasteiger partial charge in [0, 0.05) is 96.5 Å². The quantitative estimate of drug-likeness (QED) is 0.0172. The second-order valence-electron chi connectivity index (χ2n) is 22.9. The molecular formula is C65H93ClN13NaO16S2. The molecule has 0 unspecified atom stereocenters. The largest absolute Gasteiger partial charge is 1.00 e. The summed E-state index contributed by atoms with van der Waals surface area (Å²) in [6.45, 7) is 9.64. The van der Waals surface area contributed by atoms with E-state index in [4.69, 9.17) is 50.6 Å². The number of nitrogens with two attached hydrogens (primary N) is 1. The molecule has 6 aliphatic rings. The van der Waals surface area contributed by atoms with E-state index in [1.165, 1.54) is 20.3 Å². The van der Waals surface area contributed by atoms with Gasteiger partial charge in [0.1, 0.15) is 26.4 Å². The van der Waals surface area contributed by atoms with Crippen molar-refractivity contribution in [2.45, 2.75) is 108 Å². The summed E-state index contributed by atoms with van der Waals surface area (Å²) >= 11 is 0. The Bertz CT molecular complexity index is 3330. The van der Waals surface area contributed by atoms with Crippen LogP contribution in [0.4, 0.5) is 19.2 Å². The number of β-amino-alcohol motifs (C(OH)–C–C–N with tert-alkyl or cyclic N) is 3. The van der Waals surface area contributed by atoms with Crippen LogP contribution in [0.1, 0.15) is 69.2 Å². The summed E-state index contributed by atoms with van der Waals surface area (Å²) in [5.41, 5.74) is 32.7. The van der Waals surface area contributed by atoms with Gasteiger partial charge in [0.15, 0.2) is 0 Å². The number of carbonyl (C=O) groups excluding carboxylic acids is 4. The number of aliphatic hydroxyl groups excluding tert-OH is 3. The minimum atomic E-state index is -3.49. The van der Waals surface area contributed by atoms with Gasteiger partial charge in [0.05, 0.1) is 49.5 Å². The van der Waals surface area contributed by atoms with Crippen LogP contribution in [-0.4, -0.2) is 209 Å². The zero-order chi connectivity index (χ0) is 70.9. The molecule has 0 bridgehead atoms. The molecule has 98 heavy (non-hydrogen) atoms. The molecule has 6 fully saturated rings. The number of halogens is 1. The zero-order valence-electron chi connectivity index (χ0n) is 55.5. The van der Waals surface area contributed by atoms with Gasteiger partial charge in [-0.25, -0.2) is 27.6 Å². The third-order valence-electron chi connectivity index (χ3n) is 14.6. The van der Waals surface area contributed by atoms with E-state index < -0.39 is 37.5 Å². The zero-order valence-corrected chi connectivity index (χ0v) is 59.9. The maximum atomic E-state index is 11.8. The minimum absolute atomic E-state index is 0. The Morgan fingerprint density at radius 1 is 0.531 bits per heavy atom. The van der Waals surface area contributed by atoms with Crippen LogP contribution in [0, 0.1) is 0 Å². The standard InChI is InChI=1S/C13H17NO5S.C12H14N4O2.C12H16N2O2.C12H15NO3.C11H15NO.C4H9NO.CH3ClO2S.N3.Na.2H2/c1-20(16,17)19-12-7-8-14(9-12)13(15)18-10-11-5-3-2-4-6-11;13-15-14-11-6-7-16(8-11)12(17)18-9-10-4-2-1-3-5-10;13-11-6-7-14(8-11)12(15)16-9-10-4-2-1-3-5-10;14-11-6-7-13(8-11)12(15)16-9-10-4-2-1-3-5-10;13-11-6-7-12(9-11)8-10-4-2-1-3-5-10;6-4-1-2-5-3-4;1-5(2,3)4;1-3-2;;;/h2-6,12H,7-10H2,1H3;1-5,11H,6-9H2;1-5,11H,6-9,13H2;1-5,11,14H,6-9H2;1-5,11,13H,6-9H2;4-6H,1-3H2;1H3;;;2*1H/q;;;;;;;-1;+1;;/t12-;4*11-;4-;;;;;/m100111...../s1. The topological polar surface area (TPSA) is 405 Å². The van der Waals surface area contributed by atoms with Crippen LogP contribution in [0.2, 0.25) is 0 Å². The molecule has 0 saturated carbocycles. The van der Waals surface area contributed by atoms with E-state index in [0.717, 1.165) is 86.8 Å². The van der Waals surface area contributed by atoms with Crippen LogP contribution < -0.4 is 40.6 Å². The van der Waals surface area contributed by atoms with Gasteiger partial charge < -0.3 is 76.0 Å². The Hall–Kier alpha value is -7.29. The van der Waals surface area contributed by atoms with Gasteiger partial charge in [-0.2, -0.15) is 8.42 Å². The first-order valence-electron chi connectivity index (χ1n) is 31.3. The number of likely N-dealkylation sites (tertiary alicyclic amines) is 5. The van der Waals surface area contributed by atoms with E-state index in [0.29, 0.717) is 71.7 Å². The number of amides is 4. The van der Waals surface area contributed by atoms with Crippen LogP contribution in [0.15, 0.2) is 157 Å². The summed E-state index contributed by atoms with van der Waals surface area (Å²) < 4.78 is 66.4. The number of hydrogen-bond donors (Lipinski definition) is 5. The fraction of sp³-hybridized carbons (Fsp3) is 0.477. The molecule has 6 N–H and O–H groups in total. The van der Waals surface area contributed by atoms with E-state index in [1.807, 2.05) is 127 Å². The molecule has 33 heteroatoms. The smallest absolute Gasteiger partial charge is 0.445 e. The minimum Gasteiger partial charge on any atom is -0.445 e. The van der Waals surface area contributed by atoms with E-state index in [-0.39, 0.29) is 101 Å². The number of hydrogen-bond acceptors (Lipinski definition) is 20. The Balaban J connectivity index is 0.000000593. The molecule has 0 radical (unpaired) electrons. The first-order chi connectivity index (χ1) is 46.4. The number of aliphatic hydroxyl groups is 3. The van der Waals surface area contributed by atoms with Crippen molar-refractivity contribution in [3.05, 3.63) is 206 Å². The first-order valence-corrected chi connectivity index (χ1v) is 35.8. The van der Waals surface area contributed by atoms with E-state index >= 15 is 0 Å². The molecule has 5 aromatic carbocycles. The molecule has 6 heterocycles. The summed E-state index contributed by atoms with van der Waals surface area (Å²) in [4.78, 5) is 59.5. The van der Waals surface area contributed by atoms with Gasteiger partial charge in [-0.1, -0.05) is 157 Å². The monoisotopic (exact) mass is 1430 g/mol. The van der Waals surface area contributed by atoms with E-state index in [9.17, 15) is 46.2 Å². The first kappa shape index (κ1) is 84.9. The number of benzene rings is 5. The summed E-state index contributed by atoms with van der Waals surface area (Å²) in [6, 6.07) is 48.5. The number of nitrogens with one attached hydrogen (secondary N) is 1. The molecule has 6 atom stereocenters. The average Bonchev–Trinajstić information content (AvgIpc) is 1.75. The fourth-order valence-corrected chi connectivity index (χ4v) is 10.5. The summed E-state index contributed by atoms with van der Waals surface area (Å²) in [6.07, 6.45) is 4.01. The summed E-state index contributed by atoms with van der Waals surface area (Å²) in [7, 11) is -2.18. The van der Waals surface area contributed by atoms with Gasteiger partial charge in [-0.05, 0) is 78.4 Å². The van der Waals surface area contributed by atoms with Crippen molar-refractivity contribution in [1.29, 1.82) is 0 Å². The molecule has 6 saturated heterocycles. The van der Waals surface area contributed by atoms with Crippen LogP contribution in [-0.2, 0) is 75.3 Å². The van der Waals surface area contributed by atoms with Crippen LogP contribution >= 0.6 is 10.7 Å². The normalized spacial score (nSPS) is 19.6. The van der Waals surface area contributed by atoms with Crippen molar-refractivity contribution >= 4 is 54.2 Å². The van der Waals surface area contributed by atoms with Crippen molar-refractivity contribution in [1.82, 2.24) is 29.8 Å². The van der Waals surface area contributed by atoms with E-state index in [2.05, 4.69) is 55.2 Å². The van der Waals surface area contributed by atoms with Gasteiger partial charge in [-0.3, -0.25) is 14.0 Å². The van der Waals surface area contributed by atoms with E-state index in [1.54, 1.807) is 9.80 Å². The van der Waals surface area contributed by atoms with Crippen LogP contribution in [0.25, 0.3) is 26.4 Å². The number of rotatable bonds is 13. The molecule has 0 aromatic heterocycles. The number of nitrogens with zero attached hydrogens (tertiary/aromatic N) is 11. The van der Waals surface area contributed by atoms with Crippen LogP contribution in [0.3, 0.4) is 0 Å². The Morgan fingerprint density at radius 2 is 0.888 bits per heavy atom. The van der Waals surface area contributed by atoms with Gasteiger partial charge in [0.25, 0.3) is 10.1 Å². The second-order valence-corrected chi connectivity index (χ2v) is 27.5. The Labute approximate surface area is 602 Å². The molecule has 534 valence electrons. The fourth-order valence-electron chi connectivity index (χ4n) is 9.83. The molecule has 0 spiro atoms. The molecule has 6 aliphatic heterocycles. The third-order valence-corrected chi connectivity index (χ3v) is 15.2. The predicted octanol–water partition coefficient (Wildman–Crippen LogP) is 5.97. The molecule has 0 aliphatic carbocycles. The van der Waals surface area contributed by atoms with Crippen molar-refractivity contribution in [3.63, 3.8) is 0 Å². The molecule has 11 rings (SSSR count). The van der Waals surface area contributed by atoms with Gasteiger partial charge >= 0.3 is 53.9 Å². The van der Waals surface area contributed by atoms with Gasteiger partial charge in [0.2, 0.25) is 9.05 Å². The summed E-state index contributed by atoms with van der Waals surface area (Å²) in [5.74, 6) is 0. The maximum absolute atomic E-state index is 11.8. The second kappa shape index (κ2) is 47.7.